The van der Waals surface area contributed by atoms with Crippen molar-refractivity contribution in [3.05, 3.63) is 65.2 Å². The van der Waals surface area contributed by atoms with Crippen LogP contribution in [0.25, 0.3) is 6.08 Å². The van der Waals surface area contributed by atoms with Gasteiger partial charge < -0.3 is 4.90 Å². The Hall–Kier alpha value is -2.88. The maximum absolute atomic E-state index is 12.8. The van der Waals surface area contributed by atoms with E-state index in [1.807, 2.05) is 43.3 Å². The fourth-order valence-electron chi connectivity index (χ4n) is 3.68. The van der Waals surface area contributed by atoms with Crippen LogP contribution in [0.4, 0.5) is 11.4 Å². The van der Waals surface area contributed by atoms with Crippen LogP contribution in [0.1, 0.15) is 30.9 Å². The van der Waals surface area contributed by atoms with Crippen LogP contribution in [-0.4, -0.2) is 24.7 Å². The molecule has 0 saturated carbocycles. The first-order valence-electron chi connectivity index (χ1n) is 9.16. The van der Waals surface area contributed by atoms with Crippen molar-refractivity contribution in [3.8, 4) is 0 Å². The number of aryl methyl sites for hydroxylation is 1. The molecule has 1 saturated heterocycles. The third-order valence-electron chi connectivity index (χ3n) is 5.04. The van der Waals surface area contributed by atoms with Crippen molar-refractivity contribution in [2.75, 3.05) is 23.0 Å². The number of carbonyl (C=O) groups excluding carboxylic acids is 1. The maximum atomic E-state index is 12.8. The summed E-state index contributed by atoms with van der Waals surface area (Å²) >= 11 is 0. The molecule has 4 heteroatoms. The van der Waals surface area contributed by atoms with Crippen LogP contribution in [-0.2, 0) is 4.79 Å². The van der Waals surface area contributed by atoms with E-state index in [9.17, 15) is 4.79 Å². The number of hydrazone groups is 1. The van der Waals surface area contributed by atoms with E-state index in [-0.39, 0.29) is 5.91 Å². The number of hydrogen-bond acceptors (Lipinski definition) is 3. The lowest BCUT2D eigenvalue weighted by molar-refractivity contribution is -0.114. The molecule has 0 spiro atoms. The van der Waals surface area contributed by atoms with Gasteiger partial charge in [-0.2, -0.15) is 10.1 Å². The number of benzene rings is 2. The van der Waals surface area contributed by atoms with E-state index >= 15 is 0 Å². The third kappa shape index (κ3) is 3.03. The van der Waals surface area contributed by atoms with Gasteiger partial charge in [0.1, 0.15) is 0 Å². The van der Waals surface area contributed by atoms with Crippen LogP contribution < -0.4 is 9.91 Å². The number of anilines is 2. The van der Waals surface area contributed by atoms with Gasteiger partial charge in [0.25, 0.3) is 5.91 Å². The lowest BCUT2D eigenvalue weighted by atomic mass is 10.0. The van der Waals surface area contributed by atoms with Gasteiger partial charge in [-0.15, -0.1) is 0 Å². The van der Waals surface area contributed by atoms with Crippen LogP contribution >= 0.6 is 0 Å². The molecule has 2 aromatic carbocycles. The number of rotatable bonds is 3. The summed E-state index contributed by atoms with van der Waals surface area (Å²) in [5.74, 6) is -0.0741. The molecule has 0 atom stereocenters. The topological polar surface area (TPSA) is 35.9 Å². The first kappa shape index (κ1) is 16.6. The van der Waals surface area contributed by atoms with E-state index in [0.29, 0.717) is 5.57 Å². The Morgan fingerprint density at radius 3 is 2.42 bits per heavy atom. The van der Waals surface area contributed by atoms with Crippen molar-refractivity contribution in [2.24, 2.45) is 5.10 Å². The molecule has 2 aliphatic rings. The van der Waals surface area contributed by atoms with E-state index in [4.69, 9.17) is 0 Å². The van der Waals surface area contributed by atoms with Gasteiger partial charge in [-0.1, -0.05) is 24.3 Å². The van der Waals surface area contributed by atoms with E-state index in [2.05, 4.69) is 35.1 Å². The molecular formula is C22H23N3O. The zero-order valence-corrected chi connectivity index (χ0v) is 15.3. The molecule has 1 fully saturated rings. The molecule has 4 rings (SSSR count). The van der Waals surface area contributed by atoms with Crippen molar-refractivity contribution in [3.63, 3.8) is 0 Å². The number of hydrogen-bond donors (Lipinski definition) is 0. The average Bonchev–Trinajstić information content (AvgIpc) is 3.27. The second kappa shape index (κ2) is 6.79. The van der Waals surface area contributed by atoms with Gasteiger partial charge in [0.15, 0.2) is 0 Å². The minimum Gasteiger partial charge on any atom is -0.371 e. The molecule has 0 aliphatic carbocycles. The minimum absolute atomic E-state index is 0.0741. The fraction of sp³-hybridized carbons (Fsp3) is 0.273. The molecule has 2 aliphatic heterocycles. The van der Waals surface area contributed by atoms with E-state index in [0.717, 1.165) is 30.1 Å². The van der Waals surface area contributed by atoms with Crippen molar-refractivity contribution in [1.82, 2.24) is 0 Å². The largest absolute Gasteiger partial charge is 0.371 e. The lowest BCUT2D eigenvalue weighted by Gasteiger charge is -2.20. The van der Waals surface area contributed by atoms with Gasteiger partial charge in [0.2, 0.25) is 0 Å². The van der Waals surface area contributed by atoms with E-state index in [1.165, 1.54) is 29.1 Å². The summed E-state index contributed by atoms with van der Waals surface area (Å²) in [7, 11) is 0. The van der Waals surface area contributed by atoms with Crippen LogP contribution in [0.15, 0.2) is 59.2 Å². The molecule has 4 nitrogen and oxygen atoms in total. The highest BCUT2D eigenvalue weighted by atomic mass is 16.2. The zero-order valence-electron chi connectivity index (χ0n) is 15.3. The molecule has 2 aromatic rings. The highest BCUT2D eigenvalue weighted by molar-refractivity contribution is 6.32. The first-order chi connectivity index (χ1) is 12.6. The highest BCUT2D eigenvalue weighted by Crippen LogP contribution is 2.28. The first-order valence-corrected chi connectivity index (χ1v) is 9.16. The fourth-order valence-corrected chi connectivity index (χ4v) is 3.68. The quantitative estimate of drug-likeness (QED) is 0.773. The Labute approximate surface area is 154 Å². The SMILES string of the molecule is CC1=NN(c2ccccc2)C(=O)C1=Cc1ccc(N2CCCC2)c(C)c1. The summed E-state index contributed by atoms with van der Waals surface area (Å²) < 4.78 is 0. The molecule has 1 amide bonds. The Morgan fingerprint density at radius 1 is 1.00 bits per heavy atom. The Bertz CT molecular complexity index is 893. The summed E-state index contributed by atoms with van der Waals surface area (Å²) in [4.78, 5) is 15.3. The summed E-state index contributed by atoms with van der Waals surface area (Å²) in [6.07, 6.45) is 4.49. The van der Waals surface area contributed by atoms with Gasteiger partial charge in [-0.05, 0) is 68.2 Å². The van der Waals surface area contributed by atoms with Crippen molar-refractivity contribution < 1.29 is 4.79 Å². The predicted octanol–water partition coefficient (Wildman–Crippen LogP) is 4.40. The Morgan fingerprint density at radius 2 is 1.73 bits per heavy atom. The van der Waals surface area contributed by atoms with Gasteiger partial charge in [-0.3, -0.25) is 4.79 Å². The molecule has 2 heterocycles. The molecular weight excluding hydrogens is 322 g/mol. The number of carbonyl (C=O) groups is 1. The molecule has 132 valence electrons. The van der Waals surface area contributed by atoms with Crippen molar-refractivity contribution >= 4 is 29.1 Å². The molecule has 0 N–H and O–H groups in total. The highest BCUT2D eigenvalue weighted by Gasteiger charge is 2.28. The monoisotopic (exact) mass is 345 g/mol. The van der Waals surface area contributed by atoms with Crippen LogP contribution in [0.5, 0.6) is 0 Å². The van der Waals surface area contributed by atoms with Gasteiger partial charge >= 0.3 is 0 Å². The third-order valence-corrected chi connectivity index (χ3v) is 5.04. The van der Waals surface area contributed by atoms with Crippen LogP contribution in [0, 0.1) is 6.92 Å². The van der Waals surface area contributed by atoms with E-state index in [1.54, 1.807) is 0 Å². The predicted molar refractivity (Wildman–Crippen MR) is 108 cm³/mol. The number of amides is 1. The van der Waals surface area contributed by atoms with Gasteiger partial charge in [0, 0.05) is 18.8 Å². The lowest BCUT2D eigenvalue weighted by Crippen LogP contribution is -2.21. The van der Waals surface area contributed by atoms with Gasteiger partial charge in [0.05, 0.1) is 17.0 Å². The average molecular weight is 345 g/mol. The second-order valence-corrected chi connectivity index (χ2v) is 6.94. The van der Waals surface area contributed by atoms with Gasteiger partial charge in [-0.25, -0.2) is 0 Å². The summed E-state index contributed by atoms with van der Waals surface area (Å²) in [6.45, 7) is 6.30. The number of para-hydroxylation sites is 1. The van der Waals surface area contributed by atoms with E-state index < -0.39 is 0 Å². The standard InChI is InChI=1S/C22H23N3O/c1-16-14-18(10-11-21(16)24-12-6-7-13-24)15-20-17(2)23-25(22(20)26)19-8-4-3-5-9-19/h3-5,8-11,14-15H,6-7,12-13H2,1-2H3. The molecule has 26 heavy (non-hydrogen) atoms. The van der Waals surface area contributed by atoms with Crippen LogP contribution in [0.2, 0.25) is 0 Å². The summed E-state index contributed by atoms with van der Waals surface area (Å²) in [5, 5.41) is 5.92. The van der Waals surface area contributed by atoms with Crippen molar-refractivity contribution in [2.45, 2.75) is 26.7 Å². The molecule has 0 bridgehead atoms. The smallest absolute Gasteiger partial charge is 0.280 e. The number of nitrogens with zero attached hydrogens (tertiary/aromatic N) is 3. The normalized spacial score (nSPS) is 18.8. The van der Waals surface area contributed by atoms with Crippen molar-refractivity contribution in [1.29, 1.82) is 0 Å². The van der Waals surface area contributed by atoms with Crippen LogP contribution in [0.3, 0.4) is 0 Å². The Kier molecular flexibility index (Phi) is 4.33. The second-order valence-electron chi connectivity index (χ2n) is 6.94. The Balaban J connectivity index is 1.61. The molecule has 0 radical (unpaired) electrons. The molecule has 0 aromatic heterocycles. The molecule has 0 unspecified atom stereocenters. The minimum atomic E-state index is -0.0741. The summed E-state index contributed by atoms with van der Waals surface area (Å²) in [5.41, 5.74) is 5.79. The zero-order chi connectivity index (χ0) is 18.1. The summed E-state index contributed by atoms with van der Waals surface area (Å²) in [6, 6.07) is 16.0. The maximum Gasteiger partial charge on any atom is 0.280 e.